The zero-order valence-corrected chi connectivity index (χ0v) is 9.66. The van der Waals surface area contributed by atoms with Gasteiger partial charge in [0.2, 0.25) is 0 Å². The van der Waals surface area contributed by atoms with Gasteiger partial charge < -0.3 is 19.9 Å². The second kappa shape index (κ2) is 5.93. The largest absolute Gasteiger partial charge is 0.493 e. The molecule has 2 N–H and O–H groups in total. The Balaban J connectivity index is 3.03. The molecule has 6 heteroatoms. The Hall–Kier alpha value is -1.98. The van der Waals surface area contributed by atoms with Crippen LogP contribution in [0.15, 0.2) is 12.1 Å². The molecule has 0 bridgehead atoms. The van der Waals surface area contributed by atoms with Crippen molar-refractivity contribution in [3.63, 3.8) is 0 Å². The number of hydrogen-bond acceptors (Lipinski definition) is 5. The van der Waals surface area contributed by atoms with Crippen LogP contribution < -0.4 is 15.2 Å². The number of hydrogen-bond donors (Lipinski definition) is 1. The van der Waals surface area contributed by atoms with Crippen molar-refractivity contribution in [2.24, 2.45) is 0 Å². The highest BCUT2D eigenvalue weighted by atomic mass is 19.1. The predicted octanol–water partition coefficient (Wildman–Crippen LogP) is 1.41. The fourth-order valence-corrected chi connectivity index (χ4v) is 1.28. The molecule has 0 aliphatic heterocycles. The van der Waals surface area contributed by atoms with Crippen LogP contribution in [0.4, 0.5) is 10.1 Å². The van der Waals surface area contributed by atoms with Gasteiger partial charge in [-0.25, -0.2) is 9.18 Å². The maximum absolute atomic E-state index is 11.9. The Kier molecular flexibility index (Phi) is 4.56. The van der Waals surface area contributed by atoms with E-state index in [-0.39, 0.29) is 17.9 Å². The number of nitrogen functional groups attached to an aromatic ring is 1. The summed E-state index contributed by atoms with van der Waals surface area (Å²) in [7, 11) is 2.89. The molecule has 0 spiro atoms. The molecular weight excluding hydrogens is 229 g/mol. The van der Waals surface area contributed by atoms with Crippen LogP contribution in [0.3, 0.4) is 0 Å². The summed E-state index contributed by atoms with van der Waals surface area (Å²) >= 11 is 0. The van der Waals surface area contributed by atoms with Crippen molar-refractivity contribution in [1.29, 1.82) is 0 Å². The monoisotopic (exact) mass is 243 g/mol. The van der Waals surface area contributed by atoms with Crippen LogP contribution in [-0.2, 0) is 4.74 Å². The zero-order valence-electron chi connectivity index (χ0n) is 9.66. The number of ether oxygens (including phenoxy) is 3. The van der Waals surface area contributed by atoms with Gasteiger partial charge in [-0.05, 0) is 0 Å². The molecule has 0 aliphatic carbocycles. The van der Waals surface area contributed by atoms with E-state index in [1.807, 2.05) is 0 Å². The van der Waals surface area contributed by atoms with Crippen LogP contribution in [0, 0.1) is 0 Å². The molecule has 5 nitrogen and oxygen atoms in total. The Morgan fingerprint density at radius 3 is 2.41 bits per heavy atom. The first-order valence-corrected chi connectivity index (χ1v) is 4.88. The molecule has 0 atom stereocenters. The number of rotatable bonds is 5. The number of methoxy groups -OCH3 is 2. The Labute approximate surface area is 98.3 Å². The minimum absolute atomic E-state index is 0.121. The molecule has 0 aliphatic rings. The van der Waals surface area contributed by atoms with Crippen LogP contribution in [-0.4, -0.2) is 33.5 Å². The molecule has 1 aromatic carbocycles. The summed E-state index contributed by atoms with van der Waals surface area (Å²) in [4.78, 5) is 11.5. The van der Waals surface area contributed by atoms with Crippen LogP contribution in [0.5, 0.6) is 11.5 Å². The predicted molar refractivity (Wildman–Crippen MR) is 60.2 cm³/mol. The van der Waals surface area contributed by atoms with E-state index in [9.17, 15) is 9.18 Å². The maximum Gasteiger partial charge on any atom is 0.340 e. The van der Waals surface area contributed by atoms with Gasteiger partial charge in [0.05, 0.1) is 25.5 Å². The molecular formula is C11H14FNO4. The van der Waals surface area contributed by atoms with E-state index < -0.39 is 12.6 Å². The minimum Gasteiger partial charge on any atom is -0.493 e. The van der Waals surface area contributed by atoms with E-state index in [1.165, 1.54) is 26.4 Å². The highest BCUT2D eigenvalue weighted by molar-refractivity contribution is 5.96. The zero-order chi connectivity index (χ0) is 12.8. The second-order valence-electron chi connectivity index (χ2n) is 3.12. The molecule has 0 aromatic heterocycles. The molecule has 0 saturated carbocycles. The number of benzene rings is 1. The number of halogens is 1. The van der Waals surface area contributed by atoms with Crippen molar-refractivity contribution in [1.82, 2.24) is 0 Å². The van der Waals surface area contributed by atoms with Gasteiger partial charge in [-0.3, -0.25) is 0 Å². The molecule has 0 saturated heterocycles. The first-order valence-electron chi connectivity index (χ1n) is 4.88. The Bertz CT molecular complexity index is 409. The maximum atomic E-state index is 11.9. The van der Waals surface area contributed by atoms with Crippen molar-refractivity contribution >= 4 is 11.7 Å². The van der Waals surface area contributed by atoms with Crippen molar-refractivity contribution in [2.45, 2.75) is 0 Å². The quantitative estimate of drug-likeness (QED) is 0.625. The number of carbonyl (C=O) groups is 1. The SMILES string of the molecule is COc1cc(N)c(C(=O)OCCF)cc1OC. The number of anilines is 1. The van der Waals surface area contributed by atoms with E-state index in [4.69, 9.17) is 15.2 Å². The molecule has 17 heavy (non-hydrogen) atoms. The van der Waals surface area contributed by atoms with E-state index in [2.05, 4.69) is 4.74 Å². The summed E-state index contributed by atoms with van der Waals surface area (Å²) in [6.07, 6.45) is 0. The summed E-state index contributed by atoms with van der Waals surface area (Å²) in [6.45, 7) is -1.04. The average Bonchev–Trinajstić information content (AvgIpc) is 2.35. The lowest BCUT2D eigenvalue weighted by Crippen LogP contribution is -2.10. The third-order valence-corrected chi connectivity index (χ3v) is 2.09. The molecule has 1 aromatic rings. The van der Waals surface area contributed by atoms with Crippen LogP contribution in [0.25, 0.3) is 0 Å². The van der Waals surface area contributed by atoms with Gasteiger partial charge in [-0.1, -0.05) is 0 Å². The third-order valence-electron chi connectivity index (χ3n) is 2.09. The van der Waals surface area contributed by atoms with Gasteiger partial charge in [0, 0.05) is 12.1 Å². The smallest absolute Gasteiger partial charge is 0.340 e. The van der Waals surface area contributed by atoms with Gasteiger partial charge in [0.1, 0.15) is 13.3 Å². The number of alkyl halides is 1. The fraction of sp³-hybridized carbons (Fsp3) is 0.364. The lowest BCUT2D eigenvalue weighted by Gasteiger charge is -2.11. The topological polar surface area (TPSA) is 70.8 Å². The van der Waals surface area contributed by atoms with Crippen molar-refractivity contribution in [3.05, 3.63) is 17.7 Å². The molecule has 94 valence electrons. The number of carbonyl (C=O) groups excluding carboxylic acids is 1. The summed E-state index contributed by atoms with van der Waals surface area (Å²) in [5.41, 5.74) is 5.97. The fourth-order valence-electron chi connectivity index (χ4n) is 1.28. The highest BCUT2D eigenvalue weighted by Crippen LogP contribution is 2.32. The molecule has 0 fully saturated rings. The second-order valence-corrected chi connectivity index (χ2v) is 3.12. The van der Waals surface area contributed by atoms with Gasteiger partial charge >= 0.3 is 5.97 Å². The van der Waals surface area contributed by atoms with Crippen LogP contribution >= 0.6 is 0 Å². The molecule has 0 radical (unpaired) electrons. The normalized spacial score (nSPS) is 9.82. The summed E-state index contributed by atoms with van der Waals surface area (Å²) < 4.78 is 26.6. The van der Waals surface area contributed by atoms with Gasteiger partial charge in [0.15, 0.2) is 11.5 Å². The highest BCUT2D eigenvalue weighted by Gasteiger charge is 2.16. The Morgan fingerprint density at radius 2 is 1.88 bits per heavy atom. The van der Waals surface area contributed by atoms with E-state index in [0.717, 1.165) is 0 Å². The number of esters is 1. The van der Waals surface area contributed by atoms with Crippen molar-refractivity contribution in [3.8, 4) is 11.5 Å². The Morgan fingerprint density at radius 1 is 1.29 bits per heavy atom. The van der Waals surface area contributed by atoms with E-state index in [0.29, 0.717) is 11.5 Å². The van der Waals surface area contributed by atoms with E-state index >= 15 is 0 Å². The summed E-state index contributed by atoms with van der Waals surface area (Å²) in [5, 5.41) is 0. The van der Waals surface area contributed by atoms with Crippen molar-refractivity contribution in [2.75, 3.05) is 33.2 Å². The third kappa shape index (κ3) is 2.99. The first kappa shape index (κ1) is 13.1. The molecule has 0 amide bonds. The summed E-state index contributed by atoms with van der Waals surface area (Å²) in [5.74, 6) is 0.0713. The number of nitrogens with two attached hydrogens (primary N) is 1. The molecule has 0 unspecified atom stereocenters. The minimum atomic E-state index is -0.737. The van der Waals surface area contributed by atoms with Gasteiger partial charge in [-0.2, -0.15) is 0 Å². The van der Waals surface area contributed by atoms with E-state index in [1.54, 1.807) is 0 Å². The summed E-state index contributed by atoms with van der Waals surface area (Å²) in [6, 6.07) is 2.85. The van der Waals surface area contributed by atoms with Crippen LogP contribution in [0.1, 0.15) is 10.4 Å². The van der Waals surface area contributed by atoms with Gasteiger partial charge in [-0.15, -0.1) is 0 Å². The standard InChI is InChI=1S/C11H14FNO4/c1-15-9-5-7(11(14)17-4-3-12)8(13)6-10(9)16-2/h5-6H,3-4,13H2,1-2H3. The molecule has 1 rings (SSSR count). The van der Waals surface area contributed by atoms with Crippen molar-refractivity contribution < 1.29 is 23.4 Å². The lowest BCUT2D eigenvalue weighted by molar-refractivity contribution is 0.0482. The average molecular weight is 243 g/mol. The lowest BCUT2D eigenvalue weighted by atomic mass is 10.1. The first-order chi connectivity index (χ1) is 8.13. The van der Waals surface area contributed by atoms with Crippen LogP contribution in [0.2, 0.25) is 0 Å². The molecule has 0 heterocycles. The van der Waals surface area contributed by atoms with Gasteiger partial charge in [0.25, 0.3) is 0 Å².